The lowest BCUT2D eigenvalue weighted by Gasteiger charge is -2.14. The minimum Gasteiger partial charge on any atom is -0.378 e. The molecule has 2 rings (SSSR count). The van der Waals surface area contributed by atoms with Crippen molar-refractivity contribution in [3.63, 3.8) is 0 Å². The molecule has 0 heterocycles. The Bertz CT molecular complexity index is 593. The molecule has 0 aromatic heterocycles. The van der Waals surface area contributed by atoms with Crippen molar-refractivity contribution in [3.05, 3.63) is 54.1 Å². The second-order valence-corrected chi connectivity index (χ2v) is 4.62. The molecule has 104 valence electrons. The Labute approximate surface area is 118 Å². The van der Waals surface area contributed by atoms with Crippen LogP contribution < -0.4 is 21.5 Å². The molecule has 0 saturated heterocycles. The van der Waals surface area contributed by atoms with Gasteiger partial charge in [-0.25, -0.2) is 0 Å². The number of hydrogen-bond donors (Lipinski definition) is 3. The van der Waals surface area contributed by atoms with Gasteiger partial charge in [-0.1, -0.05) is 6.07 Å². The van der Waals surface area contributed by atoms with E-state index in [1.54, 1.807) is 24.3 Å². The molecule has 4 N–H and O–H groups in total. The van der Waals surface area contributed by atoms with Crippen molar-refractivity contribution in [1.82, 2.24) is 0 Å². The minimum atomic E-state index is -0.149. The topological polar surface area (TPSA) is 70.4 Å². The van der Waals surface area contributed by atoms with E-state index in [2.05, 4.69) is 10.7 Å². The molecular weight excluding hydrogens is 252 g/mol. The van der Waals surface area contributed by atoms with Gasteiger partial charge in [0.15, 0.2) is 0 Å². The van der Waals surface area contributed by atoms with Gasteiger partial charge in [-0.2, -0.15) is 0 Å². The summed E-state index contributed by atoms with van der Waals surface area (Å²) in [6.45, 7) is 0. The molecule has 5 nitrogen and oxygen atoms in total. The number of nitrogens with one attached hydrogen (secondary N) is 2. The quantitative estimate of drug-likeness (QED) is 0.589. The van der Waals surface area contributed by atoms with Crippen LogP contribution in [0.4, 0.5) is 17.1 Å². The largest absolute Gasteiger partial charge is 0.378 e. The van der Waals surface area contributed by atoms with E-state index in [4.69, 9.17) is 5.84 Å². The van der Waals surface area contributed by atoms with Crippen LogP contribution in [0.25, 0.3) is 0 Å². The Morgan fingerprint density at radius 2 is 1.75 bits per heavy atom. The Morgan fingerprint density at radius 1 is 1.05 bits per heavy atom. The molecule has 0 aliphatic heterocycles. The van der Waals surface area contributed by atoms with Gasteiger partial charge in [0, 0.05) is 36.7 Å². The second kappa shape index (κ2) is 6.08. The number of nitrogens with zero attached hydrogens (tertiary/aromatic N) is 1. The SMILES string of the molecule is CN(C)c1cccc(NC(=O)c2ccc(NN)cc2)c1. The molecule has 1 amide bonds. The standard InChI is InChI=1S/C15H18N4O/c1-19(2)14-5-3-4-13(10-14)17-15(20)11-6-8-12(18-16)9-7-11/h3-10,18H,16H2,1-2H3,(H,17,20). The van der Waals surface area contributed by atoms with Gasteiger partial charge in [-0.15, -0.1) is 0 Å². The highest BCUT2D eigenvalue weighted by atomic mass is 16.1. The molecule has 0 aliphatic rings. The Kier molecular flexibility index (Phi) is 4.22. The third kappa shape index (κ3) is 3.27. The van der Waals surface area contributed by atoms with Crippen molar-refractivity contribution < 1.29 is 4.79 Å². The van der Waals surface area contributed by atoms with Gasteiger partial charge in [-0.3, -0.25) is 10.6 Å². The molecule has 0 aliphatic carbocycles. The number of carbonyl (C=O) groups is 1. The van der Waals surface area contributed by atoms with E-state index < -0.39 is 0 Å². The number of nitrogens with two attached hydrogens (primary N) is 1. The average molecular weight is 270 g/mol. The lowest BCUT2D eigenvalue weighted by atomic mass is 10.2. The molecule has 0 spiro atoms. The number of carbonyl (C=O) groups excluding carboxylic acids is 1. The van der Waals surface area contributed by atoms with Crippen molar-refractivity contribution in [1.29, 1.82) is 0 Å². The normalized spacial score (nSPS) is 9.95. The summed E-state index contributed by atoms with van der Waals surface area (Å²) in [5, 5.41) is 2.87. The Morgan fingerprint density at radius 3 is 2.35 bits per heavy atom. The molecule has 0 radical (unpaired) electrons. The highest BCUT2D eigenvalue weighted by molar-refractivity contribution is 6.04. The molecule has 20 heavy (non-hydrogen) atoms. The molecule has 0 bridgehead atoms. The van der Waals surface area contributed by atoms with Gasteiger partial charge in [0.05, 0.1) is 0 Å². The van der Waals surface area contributed by atoms with Gasteiger partial charge in [0.25, 0.3) is 5.91 Å². The van der Waals surface area contributed by atoms with Crippen LogP contribution in [0.1, 0.15) is 10.4 Å². The second-order valence-electron chi connectivity index (χ2n) is 4.62. The molecule has 0 saturated carbocycles. The molecule has 5 heteroatoms. The average Bonchev–Trinajstić information content (AvgIpc) is 2.47. The van der Waals surface area contributed by atoms with E-state index in [1.165, 1.54) is 0 Å². The van der Waals surface area contributed by atoms with E-state index in [1.807, 2.05) is 43.3 Å². The molecular formula is C15H18N4O. The van der Waals surface area contributed by atoms with Gasteiger partial charge >= 0.3 is 0 Å². The Hall–Kier alpha value is -2.53. The van der Waals surface area contributed by atoms with Crippen molar-refractivity contribution in [2.24, 2.45) is 5.84 Å². The van der Waals surface area contributed by atoms with E-state index in [-0.39, 0.29) is 5.91 Å². The predicted octanol–water partition coefficient (Wildman–Crippen LogP) is 2.29. The summed E-state index contributed by atoms with van der Waals surface area (Å²) in [5.74, 6) is 5.14. The summed E-state index contributed by atoms with van der Waals surface area (Å²) in [6, 6.07) is 14.6. The first kappa shape index (κ1) is 13.9. The van der Waals surface area contributed by atoms with Gasteiger partial charge in [-0.05, 0) is 42.5 Å². The summed E-state index contributed by atoms with van der Waals surface area (Å²) in [4.78, 5) is 14.1. The van der Waals surface area contributed by atoms with Crippen LogP contribution in [0.5, 0.6) is 0 Å². The molecule has 2 aromatic carbocycles. The summed E-state index contributed by atoms with van der Waals surface area (Å²) in [7, 11) is 3.92. The molecule has 0 fully saturated rings. The van der Waals surface area contributed by atoms with Gasteiger partial charge in [0.2, 0.25) is 0 Å². The van der Waals surface area contributed by atoms with Gasteiger partial charge in [0.1, 0.15) is 0 Å². The maximum atomic E-state index is 12.1. The van der Waals surface area contributed by atoms with Crippen molar-refractivity contribution in [3.8, 4) is 0 Å². The van der Waals surface area contributed by atoms with Crippen molar-refractivity contribution in [2.45, 2.75) is 0 Å². The van der Waals surface area contributed by atoms with Crippen molar-refractivity contribution in [2.75, 3.05) is 29.7 Å². The fraction of sp³-hybridized carbons (Fsp3) is 0.133. The maximum Gasteiger partial charge on any atom is 0.255 e. The maximum absolute atomic E-state index is 12.1. The molecule has 2 aromatic rings. The fourth-order valence-electron chi connectivity index (χ4n) is 1.78. The first-order valence-corrected chi connectivity index (χ1v) is 6.25. The van der Waals surface area contributed by atoms with E-state index >= 15 is 0 Å². The van der Waals surface area contributed by atoms with E-state index in [0.717, 1.165) is 17.1 Å². The Balaban J connectivity index is 2.12. The lowest BCUT2D eigenvalue weighted by Crippen LogP contribution is -2.13. The van der Waals surface area contributed by atoms with Crippen LogP contribution in [0.15, 0.2) is 48.5 Å². The number of hydrazine groups is 1. The number of amides is 1. The summed E-state index contributed by atoms with van der Waals surface area (Å²) < 4.78 is 0. The van der Waals surface area contributed by atoms with E-state index in [9.17, 15) is 4.79 Å². The van der Waals surface area contributed by atoms with Crippen LogP contribution in [0, 0.1) is 0 Å². The summed E-state index contributed by atoms with van der Waals surface area (Å²) in [5.41, 5.74) is 5.67. The van der Waals surface area contributed by atoms with Crippen LogP contribution in [-0.2, 0) is 0 Å². The number of rotatable bonds is 4. The highest BCUT2D eigenvalue weighted by Crippen LogP contribution is 2.18. The molecule has 0 unspecified atom stereocenters. The van der Waals surface area contributed by atoms with Crippen LogP contribution in [-0.4, -0.2) is 20.0 Å². The number of benzene rings is 2. The third-order valence-electron chi connectivity index (χ3n) is 2.93. The highest BCUT2D eigenvalue weighted by Gasteiger charge is 2.06. The zero-order valence-corrected chi connectivity index (χ0v) is 11.6. The molecule has 0 atom stereocenters. The van der Waals surface area contributed by atoms with Crippen LogP contribution in [0.2, 0.25) is 0 Å². The van der Waals surface area contributed by atoms with Crippen LogP contribution >= 0.6 is 0 Å². The zero-order chi connectivity index (χ0) is 14.5. The lowest BCUT2D eigenvalue weighted by molar-refractivity contribution is 0.102. The number of anilines is 3. The van der Waals surface area contributed by atoms with Gasteiger partial charge < -0.3 is 15.6 Å². The van der Waals surface area contributed by atoms with Crippen molar-refractivity contribution >= 4 is 23.0 Å². The first-order chi connectivity index (χ1) is 9.60. The summed E-state index contributed by atoms with van der Waals surface area (Å²) in [6.07, 6.45) is 0. The first-order valence-electron chi connectivity index (χ1n) is 6.25. The van der Waals surface area contributed by atoms with Crippen LogP contribution in [0.3, 0.4) is 0 Å². The zero-order valence-electron chi connectivity index (χ0n) is 11.6. The van der Waals surface area contributed by atoms with E-state index in [0.29, 0.717) is 5.56 Å². The fourth-order valence-corrected chi connectivity index (χ4v) is 1.78. The summed E-state index contributed by atoms with van der Waals surface area (Å²) >= 11 is 0. The number of hydrogen-bond acceptors (Lipinski definition) is 4. The third-order valence-corrected chi connectivity index (χ3v) is 2.93. The number of nitrogen functional groups attached to an aromatic ring is 1. The monoisotopic (exact) mass is 270 g/mol. The smallest absolute Gasteiger partial charge is 0.255 e. The predicted molar refractivity (Wildman–Crippen MR) is 83.0 cm³/mol. The minimum absolute atomic E-state index is 0.149.